The molecule has 0 radical (unpaired) electrons. The van der Waals surface area contributed by atoms with Crippen LogP contribution in [0.5, 0.6) is 5.75 Å². The Labute approximate surface area is 196 Å². The number of phenolic OH excluding ortho intramolecular Hbond substituents is 1. The molecule has 0 saturated heterocycles. The van der Waals surface area contributed by atoms with Crippen molar-refractivity contribution in [1.29, 1.82) is 0 Å². The highest BCUT2D eigenvalue weighted by molar-refractivity contribution is 7.93. The molecule has 0 spiro atoms. The lowest BCUT2D eigenvalue weighted by atomic mass is 10.0. The molecule has 0 aliphatic rings. The zero-order valence-electron chi connectivity index (χ0n) is 17.8. The lowest BCUT2D eigenvalue weighted by Gasteiger charge is -2.26. The minimum Gasteiger partial charge on any atom is -0.508 e. The van der Waals surface area contributed by atoms with Crippen LogP contribution in [0.15, 0.2) is 114 Å². The number of benzene rings is 4. The molecule has 0 saturated carbocycles. The molecule has 1 heterocycles. The predicted molar refractivity (Wildman–Crippen MR) is 131 cm³/mol. The SMILES string of the molecule is O=S(=O)(c1ccc(F)cc1)N(c1ccccc1)c1ccnc2ccc(-c3ccc(O)cc3)cc12. The number of hydrogen-bond donors (Lipinski definition) is 1. The quantitative estimate of drug-likeness (QED) is 0.328. The average molecular weight is 471 g/mol. The summed E-state index contributed by atoms with van der Waals surface area (Å²) in [4.78, 5) is 4.39. The smallest absolute Gasteiger partial charge is 0.268 e. The number of nitrogens with zero attached hydrogens (tertiary/aromatic N) is 2. The molecule has 168 valence electrons. The maximum absolute atomic E-state index is 13.8. The molecule has 0 aliphatic heterocycles. The largest absolute Gasteiger partial charge is 0.508 e. The van der Waals surface area contributed by atoms with Crippen molar-refractivity contribution < 1.29 is 17.9 Å². The van der Waals surface area contributed by atoms with E-state index in [0.29, 0.717) is 22.3 Å². The average Bonchev–Trinajstić information content (AvgIpc) is 2.85. The summed E-state index contributed by atoms with van der Waals surface area (Å²) in [6.07, 6.45) is 1.56. The first kappa shape index (κ1) is 21.6. The van der Waals surface area contributed by atoms with Crippen LogP contribution in [0, 0.1) is 5.82 Å². The molecule has 0 aliphatic carbocycles. The minimum atomic E-state index is -4.09. The minimum absolute atomic E-state index is 0.0302. The molecule has 1 N–H and O–H groups in total. The maximum atomic E-state index is 13.8. The monoisotopic (exact) mass is 470 g/mol. The molecule has 34 heavy (non-hydrogen) atoms. The van der Waals surface area contributed by atoms with Gasteiger partial charge in [0.2, 0.25) is 0 Å². The third-order valence-electron chi connectivity index (χ3n) is 5.48. The lowest BCUT2D eigenvalue weighted by molar-refractivity contribution is 0.475. The van der Waals surface area contributed by atoms with Crippen molar-refractivity contribution in [2.45, 2.75) is 4.90 Å². The molecule has 5 nitrogen and oxygen atoms in total. The number of sulfonamides is 1. The van der Waals surface area contributed by atoms with Gasteiger partial charge in [-0.3, -0.25) is 4.98 Å². The Morgan fingerprint density at radius 1 is 0.765 bits per heavy atom. The third kappa shape index (κ3) is 3.97. The summed E-state index contributed by atoms with van der Waals surface area (Å²) in [7, 11) is -4.09. The van der Waals surface area contributed by atoms with Crippen LogP contribution in [-0.4, -0.2) is 18.5 Å². The number of halogens is 1. The van der Waals surface area contributed by atoms with Gasteiger partial charge >= 0.3 is 0 Å². The van der Waals surface area contributed by atoms with Crippen molar-refractivity contribution in [3.05, 3.63) is 115 Å². The summed E-state index contributed by atoms with van der Waals surface area (Å²) in [6, 6.07) is 27.5. The van der Waals surface area contributed by atoms with Crippen molar-refractivity contribution in [2.75, 3.05) is 4.31 Å². The van der Waals surface area contributed by atoms with Gasteiger partial charge in [0.05, 0.1) is 21.8 Å². The van der Waals surface area contributed by atoms with Crippen LogP contribution in [0.4, 0.5) is 15.8 Å². The van der Waals surface area contributed by atoms with Crippen molar-refractivity contribution in [3.63, 3.8) is 0 Å². The van der Waals surface area contributed by atoms with Gasteiger partial charge in [0.1, 0.15) is 11.6 Å². The second-order valence-electron chi connectivity index (χ2n) is 7.67. The molecule has 4 aromatic carbocycles. The van der Waals surface area contributed by atoms with Gasteiger partial charge in [0.25, 0.3) is 10.0 Å². The Morgan fingerprint density at radius 3 is 2.15 bits per heavy atom. The van der Waals surface area contributed by atoms with Gasteiger partial charge in [-0.2, -0.15) is 0 Å². The Bertz CT molecular complexity index is 1570. The maximum Gasteiger partial charge on any atom is 0.268 e. The number of rotatable bonds is 5. The fourth-order valence-corrected chi connectivity index (χ4v) is 5.33. The van der Waals surface area contributed by atoms with Gasteiger partial charge in [0, 0.05) is 11.6 Å². The van der Waals surface area contributed by atoms with Gasteiger partial charge in [-0.25, -0.2) is 17.1 Å². The predicted octanol–water partition coefficient (Wildman–Crippen LogP) is 6.27. The van der Waals surface area contributed by atoms with Crippen LogP contribution in [0.3, 0.4) is 0 Å². The molecule has 0 unspecified atom stereocenters. The number of aromatic hydroxyl groups is 1. The van der Waals surface area contributed by atoms with Gasteiger partial charge in [-0.1, -0.05) is 36.4 Å². The second-order valence-corrected chi connectivity index (χ2v) is 9.45. The molecular formula is C27H19FN2O3S. The van der Waals surface area contributed by atoms with Crippen molar-refractivity contribution >= 4 is 32.3 Å². The molecule has 5 rings (SSSR count). The van der Waals surface area contributed by atoms with Crippen LogP contribution in [0.1, 0.15) is 0 Å². The van der Waals surface area contributed by atoms with Crippen molar-refractivity contribution in [2.24, 2.45) is 0 Å². The van der Waals surface area contributed by atoms with E-state index in [1.165, 1.54) is 16.4 Å². The number of phenols is 1. The van der Waals surface area contributed by atoms with Crippen LogP contribution in [-0.2, 0) is 10.0 Å². The molecule has 1 aromatic heterocycles. The normalized spacial score (nSPS) is 11.4. The molecule has 5 aromatic rings. The third-order valence-corrected chi connectivity index (χ3v) is 7.24. The fourth-order valence-electron chi connectivity index (χ4n) is 3.82. The molecule has 0 amide bonds. The van der Waals surface area contributed by atoms with E-state index in [2.05, 4.69) is 4.98 Å². The van der Waals surface area contributed by atoms with E-state index in [1.807, 2.05) is 18.2 Å². The molecule has 0 fully saturated rings. The summed E-state index contributed by atoms with van der Waals surface area (Å²) in [5.41, 5.74) is 3.18. The Balaban J connectivity index is 1.75. The Hall–Kier alpha value is -4.23. The number of para-hydroxylation sites is 1. The zero-order valence-corrected chi connectivity index (χ0v) is 18.7. The van der Waals surface area contributed by atoms with E-state index in [9.17, 15) is 17.9 Å². The van der Waals surface area contributed by atoms with E-state index < -0.39 is 15.8 Å². The van der Waals surface area contributed by atoms with Gasteiger partial charge in [-0.15, -0.1) is 0 Å². The lowest BCUT2D eigenvalue weighted by Crippen LogP contribution is -2.26. The van der Waals surface area contributed by atoms with E-state index in [1.54, 1.807) is 66.9 Å². The van der Waals surface area contributed by atoms with Gasteiger partial charge in [-0.05, 0) is 77.9 Å². The van der Waals surface area contributed by atoms with Crippen LogP contribution < -0.4 is 4.31 Å². The molecule has 0 bridgehead atoms. The number of anilines is 2. The highest BCUT2D eigenvalue weighted by Gasteiger charge is 2.28. The summed E-state index contributed by atoms with van der Waals surface area (Å²) in [5.74, 6) is -0.356. The van der Waals surface area contributed by atoms with E-state index in [4.69, 9.17) is 0 Å². The summed E-state index contributed by atoms with van der Waals surface area (Å²) >= 11 is 0. The van der Waals surface area contributed by atoms with Crippen molar-refractivity contribution in [1.82, 2.24) is 4.98 Å². The Kier molecular flexibility index (Phi) is 5.47. The van der Waals surface area contributed by atoms with Crippen LogP contribution in [0.25, 0.3) is 22.0 Å². The topological polar surface area (TPSA) is 70.5 Å². The van der Waals surface area contributed by atoms with E-state index in [0.717, 1.165) is 23.3 Å². The number of pyridine rings is 1. The first-order valence-corrected chi connectivity index (χ1v) is 11.9. The van der Waals surface area contributed by atoms with Gasteiger partial charge < -0.3 is 5.11 Å². The van der Waals surface area contributed by atoms with Gasteiger partial charge in [0.15, 0.2) is 0 Å². The molecular weight excluding hydrogens is 451 g/mol. The first-order chi connectivity index (χ1) is 16.4. The number of hydrogen-bond acceptors (Lipinski definition) is 4. The van der Waals surface area contributed by atoms with Crippen LogP contribution >= 0.6 is 0 Å². The van der Waals surface area contributed by atoms with Crippen LogP contribution in [0.2, 0.25) is 0 Å². The summed E-state index contributed by atoms with van der Waals surface area (Å²) in [6.45, 7) is 0. The zero-order chi connectivity index (χ0) is 23.7. The molecule has 0 atom stereocenters. The number of aromatic nitrogens is 1. The first-order valence-electron chi connectivity index (χ1n) is 10.5. The van der Waals surface area contributed by atoms with E-state index in [-0.39, 0.29) is 10.6 Å². The summed E-state index contributed by atoms with van der Waals surface area (Å²) < 4.78 is 42.5. The standard InChI is InChI=1S/C27H19FN2O3S/c28-21-9-13-24(14-10-21)34(32,33)30(22-4-2-1-3-5-22)27-16-17-29-26-15-8-20(18-25(26)27)19-6-11-23(31)12-7-19/h1-18,31H. The van der Waals surface area contributed by atoms with Crippen molar-refractivity contribution in [3.8, 4) is 16.9 Å². The fraction of sp³-hybridized carbons (Fsp3) is 0. The molecule has 7 heteroatoms. The van der Waals surface area contributed by atoms with E-state index >= 15 is 0 Å². The summed E-state index contributed by atoms with van der Waals surface area (Å²) in [5, 5.41) is 10.3. The Morgan fingerprint density at radius 2 is 1.44 bits per heavy atom. The number of fused-ring (bicyclic) bond motifs is 1. The highest BCUT2D eigenvalue weighted by Crippen LogP contribution is 2.38. The second kappa shape index (κ2) is 8.61. The highest BCUT2D eigenvalue weighted by atomic mass is 32.2.